The molecule has 1 heterocycles. The molecule has 2 rings (SSSR count). The number of benzene rings is 1. The van der Waals surface area contributed by atoms with Gasteiger partial charge in [0.05, 0.1) is 17.3 Å². The first kappa shape index (κ1) is 11.5. The fraction of sp³-hybridized carbons (Fsp3) is 0.500. The van der Waals surface area contributed by atoms with Crippen LogP contribution in [-0.4, -0.2) is 12.1 Å². The molecule has 4 heteroatoms. The van der Waals surface area contributed by atoms with Crippen LogP contribution in [0.4, 0.5) is 10.1 Å². The number of hydrogen-bond donors (Lipinski definition) is 1. The van der Waals surface area contributed by atoms with Gasteiger partial charge in [0.25, 0.3) is 0 Å². The van der Waals surface area contributed by atoms with Crippen LogP contribution in [0, 0.1) is 5.82 Å². The molecule has 0 aromatic heterocycles. The maximum Gasteiger partial charge on any atom is 0.146 e. The molecule has 1 N–H and O–H groups in total. The van der Waals surface area contributed by atoms with Crippen molar-refractivity contribution in [3.8, 4) is 5.75 Å². The fourth-order valence-electron chi connectivity index (χ4n) is 1.92. The van der Waals surface area contributed by atoms with Crippen molar-refractivity contribution in [1.29, 1.82) is 0 Å². The van der Waals surface area contributed by atoms with Crippen LogP contribution in [0.2, 0.25) is 5.02 Å². The minimum absolute atomic E-state index is 0.121. The summed E-state index contributed by atoms with van der Waals surface area (Å²) in [6, 6.07) is 2.92. The Bertz CT molecular complexity index is 404. The van der Waals surface area contributed by atoms with Crippen molar-refractivity contribution in [2.24, 2.45) is 0 Å². The molecule has 0 aliphatic carbocycles. The number of ether oxygens (including phenoxy) is 1. The molecule has 1 aliphatic heterocycles. The molecule has 2 nitrogen and oxygen atoms in total. The number of rotatable bonds is 2. The molecule has 0 atom stereocenters. The van der Waals surface area contributed by atoms with Crippen LogP contribution in [0.1, 0.15) is 26.7 Å². The molecule has 0 unspecified atom stereocenters. The van der Waals surface area contributed by atoms with Gasteiger partial charge in [-0.15, -0.1) is 0 Å². The highest BCUT2D eigenvalue weighted by Crippen LogP contribution is 2.38. The van der Waals surface area contributed by atoms with Gasteiger partial charge in [0, 0.05) is 6.07 Å². The number of nitrogens with one attached hydrogen (secondary N) is 1. The van der Waals surface area contributed by atoms with Crippen LogP contribution >= 0.6 is 11.6 Å². The average Bonchev–Trinajstić information content (AvgIpc) is 2.30. The first-order valence-corrected chi connectivity index (χ1v) is 5.90. The lowest BCUT2D eigenvalue weighted by molar-refractivity contribution is 0.0667. The van der Waals surface area contributed by atoms with E-state index in [0.29, 0.717) is 5.75 Å². The summed E-state index contributed by atoms with van der Waals surface area (Å²) in [7, 11) is 0. The molecule has 1 aromatic rings. The van der Waals surface area contributed by atoms with Gasteiger partial charge in [-0.25, -0.2) is 4.39 Å². The van der Waals surface area contributed by atoms with Crippen molar-refractivity contribution in [2.45, 2.75) is 32.3 Å². The largest absolute Gasteiger partial charge is 0.483 e. The van der Waals surface area contributed by atoms with Gasteiger partial charge in [0.15, 0.2) is 0 Å². The zero-order valence-electron chi connectivity index (χ0n) is 9.44. The lowest BCUT2D eigenvalue weighted by Crippen LogP contribution is -2.44. The highest BCUT2D eigenvalue weighted by molar-refractivity contribution is 6.31. The van der Waals surface area contributed by atoms with E-state index >= 15 is 0 Å². The minimum atomic E-state index is -0.440. The molecule has 88 valence electrons. The van der Waals surface area contributed by atoms with E-state index in [-0.39, 0.29) is 10.6 Å². The topological polar surface area (TPSA) is 21.3 Å². The standard InChI is InChI=1S/C12H15ClFNO/c1-3-12(4-2)7-15-10-5-8(13)9(14)6-11(10)16-12/h5-6,15H,3-4,7H2,1-2H3. The predicted octanol–water partition coefficient (Wildman–Crippen LogP) is 3.84. The second kappa shape index (κ2) is 4.13. The average molecular weight is 244 g/mol. The van der Waals surface area contributed by atoms with Gasteiger partial charge in [0.2, 0.25) is 0 Å². The lowest BCUT2D eigenvalue weighted by Gasteiger charge is -2.38. The van der Waals surface area contributed by atoms with Gasteiger partial charge in [-0.3, -0.25) is 0 Å². The van der Waals surface area contributed by atoms with Gasteiger partial charge in [-0.05, 0) is 18.9 Å². The summed E-state index contributed by atoms with van der Waals surface area (Å²) >= 11 is 5.71. The van der Waals surface area contributed by atoms with E-state index in [1.165, 1.54) is 6.07 Å². The summed E-state index contributed by atoms with van der Waals surface area (Å²) in [5.74, 6) is 0.113. The smallest absolute Gasteiger partial charge is 0.146 e. The zero-order valence-corrected chi connectivity index (χ0v) is 10.2. The second-order valence-corrected chi connectivity index (χ2v) is 4.52. The first-order valence-electron chi connectivity index (χ1n) is 5.52. The Labute approximate surface area is 99.7 Å². The van der Waals surface area contributed by atoms with Gasteiger partial charge in [0.1, 0.15) is 17.2 Å². The highest BCUT2D eigenvalue weighted by atomic mass is 35.5. The molecule has 0 saturated carbocycles. The number of halogens is 2. The number of fused-ring (bicyclic) bond motifs is 1. The van der Waals surface area contributed by atoms with E-state index in [9.17, 15) is 4.39 Å². The molecule has 1 aliphatic rings. The van der Waals surface area contributed by atoms with Crippen molar-refractivity contribution in [2.75, 3.05) is 11.9 Å². The Morgan fingerprint density at radius 3 is 2.75 bits per heavy atom. The van der Waals surface area contributed by atoms with E-state index in [1.54, 1.807) is 6.07 Å². The quantitative estimate of drug-likeness (QED) is 0.852. The summed E-state index contributed by atoms with van der Waals surface area (Å²) in [5, 5.41) is 3.37. The minimum Gasteiger partial charge on any atom is -0.483 e. The summed E-state index contributed by atoms with van der Waals surface area (Å²) in [6.45, 7) is 4.87. The number of anilines is 1. The molecule has 0 saturated heterocycles. The van der Waals surface area contributed by atoms with Crippen molar-refractivity contribution in [1.82, 2.24) is 0 Å². The van der Waals surface area contributed by atoms with Gasteiger partial charge >= 0.3 is 0 Å². The molecule has 16 heavy (non-hydrogen) atoms. The molecule has 0 bridgehead atoms. The Balaban J connectivity index is 2.36. The van der Waals surface area contributed by atoms with Crippen molar-refractivity contribution in [3.63, 3.8) is 0 Å². The van der Waals surface area contributed by atoms with Crippen molar-refractivity contribution < 1.29 is 9.13 Å². The SMILES string of the molecule is CCC1(CC)CNc2cc(Cl)c(F)cc2O1. The highest BCUT2D eigenvalue weighted by Gasteiger charge is 2.33. The number of hydrogen-bond acceptors (Lipinski definition) is 2. The van der Waals surface area contributed by atoms with Gasteiger partial charge in [-0.2, -0.15) is 0 Å². The molecule has 0 spiro atoms. The van der Waals surface area contributed by atoms with Crippen LogP contribution in [-0.2, 0) is 0 Å². The maximum absolute atomic E-state index is 13.3. The zero-order chi connectivity index (χ0) is 11.8. The Morgan fingerprint density at radius 2 is 2.12 bits per heavy atom. The van der Waals surface area contributed by atoms with Gasteiger partial charge in [-0.1, -0.05) is 25.4 Å². The summed E-state index contributed by atoms with van der Waals surface area (Å²) < 4.78 is 19.2. The van der Waals surface area contributed by atoms with Gasteiger partial charge < -0.3 is 10.1 Å². The lowest BCUT2D eigenvalue weighted by atomic mass is 9.95. The van der Waals surface area contributed by atoms with E-state index in [1.807, 2.05) is 0 Å². The molecule has 1 aromatic carbocycles. The van der Waals surface area contributed by atoms with E-state index < -0.39 is 5.82 Å². The van der Waals surface area contributed by atoms with Crippen molar-refractivity contribution >= 4 is 17.3 Å². The second-order valence-electron chi connectivity index (χ2n) is 4.11. The third-order valence-corrected chi connectivity index (χ3v) is 3.53. The molecule has 0 amide bonds. The molecule has 0 radical (unpaired) electrons. The van der Waals surface area contributed by atoms with Crippen LogP contribution in [0.3, 0.4) is 0 Å². The molecular weight excluding hydrogens is 229 g/mol. The Kier molecular flexibility index (Phi) is 2.98. The molecule has 0 fully saturated rings. The monoisotopic (exact) mass is 243 g/mol. The first-order chi connectivity index (χ1) is 7.60. The van der Waals surface area contributed by atoms with E-state index in [2.05, 4.69) is 19.2 Å². The fourth-order valence-corrected chi connectivity index (χ4v) is 2.08. The Morgan fingerprint density at radius 1 is 1.44 bits per heavy atom. The normalized spacial score (nSPS) is 17.2. The van der Waals surface area contributed by atoms with Crippen molar-refractivity contribution in [3.05, 3.63) is 23.0 Å². The van der Waals surface area contributed by atoms with E-state index in [0.717, 1.165) is 25.1 Å². The summed E-state index contributed by atoms with van der Waals surface area (Å²) in [6.07, 6.45) is 1.78. The predicted molar refractivity (Wildman–Crippen MR) is 63.8 cm³/mol. The van der Waals surface area contributed by atoms with Crippen LogP contribution < -0.4 is 10.1 Å². The van der Waals surface area contributed by atoms with Crippen LogP contribution in [0.25, 0.3) is 0 Å². The Hall–Kier alpha value is -0.960. The molecular formula is C12H15ClFNO. The van der Waals surface area contributed by atoms with E-state index in [4.69, 9.17) is 16.3 Å². The summed E-state index contributed by atoms with van der Waals surface area (Å²) in [5.41, 5.74) is 0.539. The van der Waals surface area contributed by atoms with Crippen LogP contribution in [0.5, 0.6) is 5.75 Å². The summed E-state index contributed by atoms with van der Waals surface area (Å²) in [4.78, 5) is 0. The third-order valence-electron chi connectivity index (χ3n) is 3.24. The van der Waals surface area contributed by atoms with Crippen LogP contribution in [0.15, 0.2) is 12.1 Å². The maximum atomic E-state index is 13.3. The third kappa shape index (κ3) is 1.84.